The third-order valence-electron chi connectivity index (χ3n) is 0.771. The van der Waals surface area contributed by atoms with E-state index in [1.807, 2.05) is 0 Å². The van der Waals surface area contributed by atoms with E-state index < -0.39 is 29.4 Å². The molecule has 1 aliphatic heterocycles. The minimum absolute atomic E-state index is 0. The van der Waals surface area contributed by atoms with Crippen LogP contribution in [-0.2, 0) is 42.0 Å². The maximum absolute atomic E-state index is 10.4. The minimum atomic E-state index is -2.70. The average Bonchev–Trinajstić information content (AvgIpc) is 1.85. The van der Waals surface area contributed by atoms with Crippen molar-refractivity contribution >= 4 is 16.5 Å². The Kier molecular flexibility index (Phi) is 6.01. The maximum atomic E-state index is 10.4. The van der Waals surface area contributed by atoms with Gasteiger partial charge in [0.15, 0.2) is 6.29 Å². The Bertz CT molecular complexity index is 156. The number of hydrogen-bond acceptors (Lipinski definition) is 6. The molecule has 1 saturated heterocycles. The van der Waals surface area contributed by atoms with E-state index >= 15 is 0 Å². The molecule has 1 heterocycles. The van der Waals surface area contributed by atoms with E-state index in [2.05, 4.69) is 13.4 Å². The SMILES string of the molecule is O=[PH]1OC(CO)O[PH](=O)O1.[Zn]. The molecule has 0 bridgehead atoms. The summed E-state index contributed by atoms with van der Waals surface area (Å²) in [6.07, 6.45) is -1.06. The molecule has 2 atom stereocenters. The van der Waals surface area contributed by atoms with Crippen LogP contribution in [0.15, 0.2) is 0 Å². The smallest absolute Gasteiger partial charge is 0.328 e. The molecule has 62 valence electrons. The fourth-order valence-corrected chi connectivity index (χ4v) is 2.13. The summed E-state index contributed by atoms with van der Waals surface area (Å²) >= 11 is 0. The molecule has 2 unspecified atom stereocenters. The van der Waals surface area contributed by atoms with Gasteiger partial charge in [-0.2, -0.15) is 0 Å². The number of aliphatic hydroxyl groups excluding tert-OH is 1. The molecule has 0 aliphatic carbocycles. The van der Waals surface area contributed by atoms with Gasteiger partial charge < -0.3 is 5.11 Å². The third-order valence-corrected chi connectivity index (χ3v) is 3.02. The predicted octanol–water partition coefficient (Wildman–Crippen LogP) is 0.145. The largest absolute Gasteiger partial charge is 0.391 e. The van der Waals surface area contributed by atoms with E-state index in [9.17, 15) is 9.13 Å². The molecule has 1 aliphatic rings. The van der Waals surface area contributed by atoms with Crippen molar-refractivity contribution in [1.29, 1.82) is 0 Å². The second-order valence-electron chi connectivity index (χ2n) is 1.45. The Morgan fingerprint density at radius 2 is 1.73 bits per heavy atom. The van der Waals surface area contributed by atoms with Gasteiger partial charge in [0.2, 0.25) is 0 Å². The molecule has 1 N–H and O–H groups in total. The summed E-state index contributed by atoms with van der Waals surface area (Å²) in [4.78, 5) is 0. The molecule has 0 spiro atoms. The van der Waals surface area contributed by atoms with Crippen LogP contribution in [0.2, 0.25) is 0 Å². The molecule has 11 heavy (non-hydrogen) atoms. The standard InChI is InChI=1S/C2H6O6P2.Zn/c3-1-2-6-9(4)8-10(5)7-2;/h2-3,9-10H,1H2;. The van der Waals surface area contributed by atoms with Crippen LogP contribution >= 0.6 is 16.5 Å². The van der Waals surface area contributed by atoms with Gasteiger partial charge in [-0.25, -0.2) is 4.31 Å². The van der Waals surface area contributed by atoms with Gasteiger partial charge in [-0.15, -0.1) is 0 Å². The summed E-state index contributed by atoms with van der Waals surface area (Å²) in [6.45, 7) is -0.476. The zero-order valence-corrected chi connectivity index (χ0v) is 10.4. The summed E-state index contributed by atoms with van der Waals surface area (Å²) in [5, 5.41) is 8.38. The monoisotopic (exact) mass is 252 g/mol. The van der Waals surface area contributed by atoms with Crippen molar-refractivity contribution in [3.63, 3.8) is 0 Å². The first-order valence-electron chi connectivity index (χ1n) is 2.42. The molecule has 6 nitrogen and oxygen atoms in total. The second kappa shape index (κ2) is 5.55. The Hall–Kier alpha value is 0.923. The van der Waals surface area contributed by atoms with Crippen LogP contribution in [-0.4, -0.2) is 18.0 Å². The first-order chi connectivity index (χ1) is 4.72. The molecule has 0 aromatic heterocycles. The van der Waals surface area contributed by atoms with Crippen molar-refractivity contribution in [3.05, 3.63) is 0 Å². The van der Waals surface area contributed by atoms with Crippen LogP contribution in [0.25, 0.3) is 0 Å². The van der Waals surface area contributed by atoms with Gasteiger partial charge >= 0.3 is 16.5 Å². The Balaban J connectivity index is 0.000001000. The Morgan fingerprint density at radius 3 is 2.09 bits per heavy atom. The van der Waals surface area contributed by atoms with Crippen molar-refractivity contribution in [3.8, 4) is 0 Å². The van der Waals surface area contributed by atoms with Crippen LogP contribution in [0.5, 0.6) is 0 Å². The van der Waals surface area contributed by atoms with Crippen molar-refractivity contribution < 1.29 is 47.1 Å². The summed E-state index contributed by atoms with van der Waals surface area (Å²) in [5.74, 6) is 0. The molecule has 0 amide bonds. The van der Waals surface area contributed by atoms with E-state index in [1.54, 1.807) is 0 Å². The fraction of sp³-hybridized carbons (Fsp3) is 1.00. The van der Waals surface area contributed by atoms with E-state index in [4.69, 9.17) is 5.11 Å². The molecule has 1 fully saturated rings. The first-order valence-corrected chi connectivity index (χ1v) is 4.87. The van der Waals surface area contributed by atoms with Crippen LogP contribution < -0.4 is 0 Å². The van der Waals surface area contributed by atoms with E-state index in [-0.39, 0.29) is 19.5 Å². The van der Waals surface area contributed by atoms with Gasteiger partial charge in [0.05, 0.1) is 6.61 Å². The molecule has 9 heteroatoms. The third kappa shape index (κ3) is 3.91. The summed E-state index contributed by atoms with van der Waals surface area (Å²) in [5.41, 5.74) is 0. The molecule has 1 rings (SSSR count). The number of rotatable bonds is 1. The van der Waals surface area contributed by atoms with E-state index in [0.717, 1.165) is 0 Å². The molecule has 0 saturated carbocycles. The van der Waals surface area contributed by atoms with Gasteiger partial charge in [-0.05, 0) is 0 Å². The first kappa shape index (κ1) is 11.9. The van der Waals surface area contributed by atoms with Crippen LogP contribution in [0.4, 0.5) is 0 Å². The van der Waals surface area contributed by atoms with Crippen LogP contribution in [0.3, 0.4) is 0 Å². The topological polar surface area (TPSA) is 82.1 Å². The van der Waals surface area contributed by atoms with Crippen LogP contribution in [0, 0.1) is 0 Å². The van der Waals surface area contributed by atoms with Crippen LogP contribution in [0.1, 0.15) is 0 Å². The van der Waals surface area contributed by atoms with Crippen molar-refractivity contribution in [2.24, 2.45) is 0 Å². The normalized spacial score (nSPS) is 37.7. The zero-order valence-electron chi connectivity index (χ0n) is 5.48. The minimum Gasteiger partial charge on any atom is -0.391 e. The molecular weight excluding hydrogens is 247 g/mol. The van der Waals surface area contributed by atoms with Gasteiger partial charge in [0, 0.05) is 19.5 Å². The molecule has 0 aromatic carbocycles. The summed E-state index contributed by atoms with van der Waals surface area (Å²) in [7, 11) is -5.41. The Labute approximate surface area is 76.9 Å². The zero-order chi connectivity index (χ0) is 7.56. The summed E-state index contributed by atoms with van der Waals surface area (Å²) < 4.78 is 33.8. The number of aliphatic hydroxyl groups is 1. The Morgan fingerprint density at radius 1 is 1.27 bits per heavy atom. The average molecular weight is 253 g/mol. The quantitative estimate of drug-likeness (QED) is 0.529. The molecular formula is C2H6O6P2Zn. The van der Waals surface area contributed by atoms with Crippen molar-refractivity contribution in [2.75, 3.05) is 6.61 Å². The van der Waals surface area contributed by atoms with Gasteiger partial charge in [-0.3, -0.25) is 18.2 Å². The molecule has 0 aromatic rings. The molecule has 0 radical (unpaired) electrons. The predicted molar refractivity (Wildman–Crippen MR) is 32.1 cm³/mol. The summed E-state index contributed by atoms with van der Waals surface area (Å²) in [6, 6.07) is 0. The van der Waals surface area contributed by atoms with Crippen molar-refractivity contribution in [2.45, 2.75) is 6.29 Å². The van der Waals surface area contributed by atoms with Gasteiger partial charge in [-0.1, -0.05) is 0 Å². The van der Waals surface area contributed by atoms with Gasteiger partial charge in [0.1, 0.15) is 0 Å². The van der Waals surface area contributed by atoms with E-state index in [0.29, 0.717) is 0 Å². The van der Waals surface area contributed by atoms with E-state index in [1.165, 1.54) is 0 Å². The maximum Gasteiger partial charge on any atom is 0.328 e. The number of hydrogen-bond donors (Lipinski definition) is 1. The fourth-order valence-electron chi connectivity index (χ4n) is 0.429. The second-order valence-corrected chi connectivity index (χ2v) is 3.74. The van der Waals surface area contributed by atoms with Gasteiger partial charge in [0.25, 0.3) is 0 Å². The van der Waals surface area contributed by atoms with Crippen molar-refractivity contribution in [1.82, 2.24) is 0 Å².